The molecule has 2 atom stereocenters. The van der Waals surface area contributed by atoms with Gasteiger partial charge in [-0.3, -0.25) is 9.58 Å². The number of nitrogens with zero attached hydrogens (tertiary/aromatic N) is 3. The van der Waals surface area contributed by atoms with Crippen LogP contribution in [0.1, 0.15) is 32.1 Å². The van der Waals surface area contributed by atoms with Crippen molar-refractivity contribution in [3.63, 3.8) is 0 Å². The van der Waals surface area contributed by atoms with Gasteiger partial charge in [-0.2, -0.15) is 5.10 Å². The highest BCUT2D eigenvalue weighted by Crippen LogP contribution is 2.28. The van der Waals surface area contributed by atoms with E-state index in [9.17, 15) is 5.11 Å². The minimum Gasteiger partial charge on any atom is -0.384 e. The normalized spacial score (nSPS) is 22.6. The third-order valence-electron chi connectivity index (χ3n) is 3.48. The van der Waals surface area contributed by atoms with Crippen molar-refractivity contribution < 1.29 is 9.84 Å². The summed E-state index contributed by atoms with van der Waals surface area (Å²) in [4.78, 5) is 2.35. The van der Waals surface area contributed by atoms with Crippen LogP contribution in [-0.4, -0.2) is 52.1 Å². The zero-order valence-corrected chi connectivity index (χ0v) is 13.1. The van der Waals surface area contributed by atoms with Crippen molar-refractivity contribution in [1.82, 2.24) is 14.7 Å². The summed E-state index contributed by atoms with van der Waals surface area (Å²) in [5, 5.41) is 14.8. The van der Waals surface area contributed by atoms with Crippen LogP contribution in [0.3, 0.4) is 0 Å². The maximum atomic E-state index is 10.6. The summed E-state index contributed by atoms with van der Waals surface area (Å²) in [5.41, 5.74) is 0.811. The number of aromatic nitrogens is 2. The van der Waals surface area contributed by atoms with E-state index < -0.39 is 6.10 Å². The standard InChI is InChI=1S/C13H22BrN3O2/c1-3-5-16-6-7-19-11(9-16)13(18)12-10(14)8-15-17(12)4-2/h8,11,13,18H,3-7,9H2,1-2H3. The minimum absolute atomic E-state index is 0.182. The molecule has 0 aliphatic carbocycles. The van der Waals surface area contributed by atoms with Crippen LogP contribution in [0.25, 0.3) is 0 Å². The van der Waals surface area contributed by atoms with Crippen LogP contribution in [0.15, 0.2) is 10.7 Å². The summed E-state index contributed by atoms with van der Waals surface area (Å²) in [6, 6.07) is 0. The first-order chi connectivity index (χ1) is 9.17. The molecule has 1 aliphatic rings. The van der Waals surface area contributed by atoms with Crippen molar-refractivity contribution in [1.29, 1.82) is 0 Å². The first-order valence-electron chi connectivity index (χ1n) is 6.90. The Balaban J connectivity index is 2.10. The van der Waals surface area contributed by atoms with Crippen molar-refractivity contribution in [2.45, 2.75) is 39.0 Å². The van der Waals surface area contributed by atoms with Crippen LogP contribution in [0.2, 0.25) is 0 Å². The molecule has 6 heteroatoms. The minimum atomic E-state index is -0.642. The van der Waals surface area contributed by atoms with E-state index in [0.717, 1.165) is 42.8 Å². The number of aliphatic hydroxyl groups excluding tert-OH is 1. The van der Waals surface area contributed by atoms with Gasteiger partial charge in [-0.1, -0.05) is 6.92 Å². The molecule has 19 heavy (non-hydrogen) atoms. The maximum Gasteiger partial charge on any atom is 0.124 e. The predicted molar refractivity (Wildman–Crippen MR) is 77.0 cm³/mol. The molecule has 0 spiro atoms. The summed E-state index contributed by atoms with van der Waals surface area (Å²) >= 11 is 3.46. The molecule has 5 nitrogen and oxygen atoms in total. The Morgan fingerprint density at radius 3 is 3.05 bits per heavy atom. The first-order valence-corrected chi connectivity index (χ1v) is 7.69. The summed E-state index contributed by atoms with van der Waals surface area (Å²) in [6.07, 6.45) is 2.03. The monoisotopic (exact) mass is 331 g/mol. The second kappa shape index (κ2) is 6.83. The second-order valence-corrected chi connectivity index (χ2v) is 5.70. The molecule has 108 valence electrons. The molecule has 0 bridgehead atoms. The quantitative estimate of drug-likeness (QED) is 0.894. The SMILES string of the molecule is CCCN1CCOC(C(O)c2c(Br)cnn2CC)C1. The predicted octanol–water partition coefficient (Wildman–Crippen LogP) is 1.81. The molecule has 0 radical (unpaired) electrons. The molecule has 1 N–H and O–H groups in total. The van der Waals surface area contributed by atoms with Crippen LogP contribution in [-0.2, 0) is 11.3 Å². The van der Waals surface area contributed by atoms with Gasteiger partial charge in [0.05, 0.1) is 23.0 Å². The molecule has 0 saturated carbocycles. The van der Waals surface area contributed by atoms with Crippen molar-refractivity contribution in [2.75, 3.05) is 26.2 Å². The maximum absolute atomic E-state index is 10.6. The van der Waals surface area contributed by atoms with Crippen LogP contribution >= 0.6 is 15.9 Å². The molecule has 0 aromatic carbocycles. The zero-order valence-electron chi connectivity index (χ0n) is 11.5. The van der Waals surface area contributed by atoms with Gasteiger partial charge in [0.1, 0.15) is 12.2 Å². The van der Waals surface area contributed by atoms with E-state index >= 15 is 0 Å². The third-order valence-corrected chi connectivity index (χ3v) is 4.09. The smallest absolute Gasteiger partial charge is 0.124 e. The Morgan fingerprint density at radius 2 is 2.37 bits per heavy atom. The number of halogens is 1. The fourth-order valence-electron chi connectivity index (χ4n) is 2.54. The third kappa shape index (κ3) is 3.37. The molecule has 0 amide bonds. The van der Waals surface area contributed by atoms with E-state index in [1.165, 1.54) is 0 Å². The second-order valence-electron chi connectivity index (χ2n) is 4.85. The van der Waals surface area contributed by atoms with Gasteiger partial charge in [0.2, 0.25) is 0 Å². The average Bonchev–Trinajstić information content (AvgIpc) is 2.80. The average molecular weight is 332 g/mol. The summed E-state index contributed by atoms with van der Waals surface area (Å²) in [5.74, 6) is 0. The molecule has 1 aromatic rings. The van der Waals surface area contributed by atoms with Gasteiger partial charge < -0.3 is 9.84 Å². The van der Waals surface area contributed by atoms with Gasteiger partial charge >= 0.3 is 0 Å². The molecule has 2 rings (SSSR count). The molecule has 1 aromatic heterocycles. The van der Waals surface area contributed by atoms with Gasteiger partial charge in [-0.25, -0.2) is 0 Å². The number of hydrogen-bond acceptors (Lipinski definition) is 4. The molecule has 1 fully saturated rings. The van der Waals surface area contributed by atoms with Crippen LogP contribution < -0.4 is 0 Å². The highest BCUT2D eigenvalue weighted by Gasteiger charge is 2.31. The first kappa shape index (κ1) is 15.0. The van der Waals surface area contributed by atoms with Crippen LogP contribution in [0, 0.1) is 0 Å². The number of aliphatic hydroxyl groups is 1. The fraction of sp³-hybridized carbons (Fsp3) is 0.769. The lowest BCUT2D eigenvalue weighted by atomic mass is 10.1. The molecule has 2 unspecified atom stereocenters. The van der Waals surface area contributed by atoms with Gasteiger partial charge in [0.15, 0.2) is 0 Å². The van der Waals surface area contributed by atoms with Gasteiger partial charge in [-0.15, -0.1) is 0 Å². The largest absolute Gasteiger partial charge is 0.384 e. The number of hydrogen-bond donors (Lipinski definition) is 1. The number of rotatable bonds is 5. The molecule has 2 heterocycles. The van der Waals surface area contributed by atoms with E-state index in [2.05, 4.69) is 32.9 Å². The fourth-order valence-corrected chi connectivity index (χ4v) is 3.07. The van der Waals surface area contributed by atoms with Crippen LogP contribution in [0.5, 0.6) is 0 Å². The van der Waals surface area contributed by atoms with E-state index in [0.29, 0.717) is 6.61 Å². The number of morpholine rings is 1. The Kier molecular flexibility index (Phi) is 5.38. The van der Waals surface area contributed by atoms with Gasteiger partial charge in [0, 0.05) is 19.6 Å². The number of aryl methyl sites for hydroxylation is 1. The van der Waals surface area contributed by atoms with Crippen LogP contribution in [0.4, 0.5) is 0 Å². The van der Waals surface area contributed by atoms with E-state index in [4.69, 9.17) is 4.74 Å². The van der Waals surface area contributed by atoms with Crippen molar-refractivity contribution >= 4 is 15.9 Å². The van der Waals surface area contributed by atoms with Gasteiger partial charge in [-0.05, 0) is 35.8 Å². The van der Waals surface area contributed by atoms with E-state index in [-0.39, 0.29) is 6.10 Å². The molecule has 1 saturated heterocycles. The van der Waals surface area contributed by atoms with E-state index in [1.807, 2.05) is 11.6 Å². The summed E-state index contributed by atoms with van der Waals surface area (Å²) < 4.78 is 8.40. The summed E-state index contributed by atoms with van der Waals surface area (Å²) in [6.45, 7) is 8.38. The highest BCUT2D eigenvalue weighted by molar-refractivity contribution is 9.10. The lowest BCUT2D eigenvalue weighted by molar-refractivity contribution is -0.0923. The van der Waals surface area contributed by atoms with Crippen molar-refractivity contribution in [3.05, 3.63) is 16.4 Å². The zero-order chi connectivity index (χ0) is 13.8. The lowest BCUT2D eigenvalue weighted by Gasteiger charge is -2.35. The molecule has 1 aliphatic heterocycles. The Hall–Kier alpha value is -0.430. The summed E-state index contributed by atoms with van der Waals surface area (Å²) in [7, 11) is 0. The Labute approximate surface area is 122 Å². The molecular formula is C13H22BrN3O2. The Bertz CT molecular complexity index is 409. The Morgan fingerprint density at radius 1 is 1.58 bits per heavy atom. The van der Waals surface area contributed by atoms with Crippen molar-refractivity contribution in [2.24, 2.45) is 0 Å². The number of ether oxygens (including phenoxy) is 1. The topological polar surface area (TPSA) is 50.5 Å². The van der Waals surface area contributed by atoms with E-state index in [1.54, 1.807) is 6.20 Å². The molecular weight excluding hydrogens is 310 g/mol. The van der Waals surface area contributed by atoms with Crippen molar-refractivity contribution in [3.8, 4) is 0 Å². The highest BCUT2D eigenvalue weighted by atomic mass is 79.9. The van der Waals surface area contributed by atoms with Gasteiger partial charge in [0.25, 0.3) is 0 Å². The lowest BCUT2D eigenvalue weighted by Crippen LogP contribution is -2.45.